The second kappa shape index (κ2) is 9.13. The van der Waals surface area contributed by atoms with Crippen LogP contribution in [-0.2, 0) is 16.0 Å². The standard InChI is InChI=1S/C24H31NO3/c1-17-15-20(25(2)3)9-14-23(17)19-7-12-22(13-8-19)28-24(26)16-18-5-10-21(27-4)11-6-18/h5-6,9-11,14-15,19,22H,7-8,12-13,16H2,1-4H3/t19-,22-. The molecule has 0 aromatic heterocycles. The Morgan fingerprint density at radius 1 is 1.04 bits per heavy atom. The van der Waals surface area contributed by atoms with Gasteiger partial charge in [0.05, 0.1) is 13.5 Å². The number of carbonyl (C=O) groups is 1. The molecule has 4 nitrogen and oxygen atoms in total. The predicted molar refractivity (Wildman–Crippen MR) is 113 cm³/mol. The number of hydrogen-bond acceptors (Lipinski definition) is 4. The van der Waals surface area contributed by atoms with E-state index in [4.69, 9.17) is 9.47 Å². The van der Waals surface area contributed by atoms with E-state index in [0.717, 1.165) is 37.0 Å². The van der Waals surface area contributed by atoms with Crippen LogP contribution in [0.15, 0.2) is 42.5 Å². The number of aryl methyl sites for hydroxylation is 1. The van der Waals surface area contributed by atoms with E-state index in [1.807, 2.05) is 24.3 Å². The zero-order valence-corrected chi connectivity index (χ0v) is 17.4. The van der Waals surface area contributed by atoms with E-state index in [1.54, 1.807) is 7.11 Å². The summed E-state index contributed by atoms with van der Waals surface area (Å²) in [5, 5.41) is 0. The molecule has 0 amide bonds. The largest absolute Gasteiger partial charge is 0.497 e. The van der Waals surface area contributed by atoms with Crippen molar-refractivity contribution in [2.45, 2.75) is 51.0 Å². The summed E-state index contributed by atoms with van der Waals surface area (Å²) in [6, 6.07) is 14.3. The van der Waals surface area contributed by atoms with Gasteiger partial charge in [-0.25, -0.2) is 0 Å². The molecule has 0 radical (unpaired) electrons. The van der Waals surface area contributed by atoms with E-state index in [0.29, 0.717) is 12.3 Å². The zero-order chi connectivity index (χ0) is 20.1. The van der Waals surface area contributed by atoms with Crippen molar-refractivity contribution in [1.82, 2.24) is 0 Å². The Bertz CT molecular complexity index is 790. The second-order valence-electron chi connectivity index (χ2n) is 7.92. The van der Waals surface area contributed by atoms with E-state index in [1.165, 1.54) is 16.8 Å². The molecule has 2 aromatic rings. The Labute approximate surface area is 168 Å². The fraction of sp³-hybridized carbons (Fsp3) is 0.458. The van der Waals surface area contributed by atoms with Crippen LogP contribution in [0, 0.1) is 6.92 Å². The summed E-state index contributed by atoms with van der Waals surface area (Å²) in [5.41, 5.74) is 4.98. The highest BCUT2D eigenvalue weighted by molar-refractivity contribution is 5.72. The summed E-state index contributed by atoms with van der Waals surface area (Å²) in [6.07, 6.45) is 4.38. The van der Waals surface area contributed by atoms with E-state index < -0.39 is 0 Å². The first-order valence-electron chi connectivity index (χ1n) is 10.1. The Hall–Kier alpha value is -2.49. The maximum atomic E-state index is 12.3. The summed E-state index contributed by atoms with van der Waals surface area (Å²) >= 11 is 0. The molecule has 150 valence electrons. The number of hydrogen-bond donors (Lipinski definition) is 0. The van der Waals surface area contributed by atoms with Crippen molar-refractivity contribution < 1.29 is 14.3 Å². The monoisotopic (exact) mass is 381 g/mol. The molecule has 0 N–H and O–H groups in total. The Morgan fingerprint density at radius 3 is 2.29 bits per heavy atom. The molecule has 1 aliphatic carbocycles. The van der Waals surface area contributed by atoms with Crippen LogP contribution in [0.3, 0.4) is 0 Å². The molecule has 1 aliphatic rings. The van der Waals surface area contributed by atoms with Gasteiger partial charge in [-0.3, -0.25) is 4.79 Å². The van der Waals surface area contributed by atoms with Crippen molar-refractivity contribution in [2.24, 2.45) is 0 Å². The minimum Gasteiger partial charge on any atom is -0.497 e. The number of nitrogens with zero attached hydrogens (tertiary/aromatic N) is 1. The first-order valence-corrected chi connectivity index (χ1v) is 10.1. The molecule has 2 aromatic carbocycles. The first kappa shape index (κ1) is 20.2. The molecule has 4 heteroatoms. The third kappa shape index (κ3) is 5.06. The van der Waals surface area contributed by atoms with Crippen LogP contribution in [-0.4, -0.2) is 33.3 Å². The highest BCUT2D eigenvalue weighted by Crippen LogP contribution is 2.36. The van der Waals surface area contributed by atoms with Gasteiger partial charge in [0.1, 0.15) is 11.9 Å². The minimum atomic E-state index is -0.139. The topological polar surface area (TPSA) is 38.8 Å². The van der Waals surface area contributed by atoms with Crippen molar-refractivity contribution in [3.05, 3.63) is 59.2 Å². The number of rotatable bonds is 6. The number of esters is 1. The van der Waals surface area contributed by atoms with Crippen LogP contribution in [0.4, 0.5) is 5.69 Å². The van der Waals surface area contributed by atoms with Crippen molar-refractivity contribution in [1.29, 1.82) is 0 Å². The van der Waals surface area contributed by atoms with Crippen molar-refractivity contribution in [3.8, 4) is 5.75 Å². The minimum absolute atomic E-state index is 0.0448. The van der Waals surface area contributed by atoms with E-state index >= 15 is 0 Å². The van der Waals surface area contributed by atoms with Crippen LogP contribution in [0.1, 0.15) is 48.3 Å². The number of ether oxygens (including phenoxy) is 2. The lowest BCUT2D eigenvalue weighted by atomic mass is 9.81. The normalized spacial score (nSPS) is 19.1. The lowest BCUT2D eigenvalue weighted by molar-refractivity contribution is -0.149. The molecular formula is C24H31NO3. The van der Waals surface area contributed by atoms with Crippen LogP contribution >= 0.6 is 0 Å². The highest BCUT2D eigenvalue weighted by atomic mass is 16.5. The number of anilines is 1. The van der Waals surface area contributed by atoms with Crippen LogP contribution in [0.25, 0.3) is 0 Å². The van der Waals surface area contributed by atoms with Gasteiger partial charge in [0, 0.05) is 19.8 Å². The average Bonchev–Trinajstić information content (AvgIpc) is 2.69. The highest BCUT2D eigenvalue weighted by Gasteiger charge is 2.26. The van der Waals surface area contributed by atoms with Gasteiger partial charge in [0.25, 0.3) is 0 Å². The zero-order valence-electron chi connectivity index (χ0n) is 17.4. The van der Waals surface area contributed by atoms with Crippen molar-refractivity contribution in [3.63, 3.8) is 0 Å². The number of carbonyl (C=O) groups excluding carboxylic acids is 1. The molecule has 0 unspecified atom stereocenters. The van der Waals surface area contributed by atoms with Crippen LogP contribution < -0.4 is 9.64 Å². The Kier molecular flexibility index (Phi) is 6.61. The van der Waals surface area contributed by atoms with Gasteiger partial charge in [-0.15, -0.1) is 0 Å². The molecule has 0 aliphatic heterocycles. The fourth-order valence-corrected chi connectivity index (χ4v) is 4.03. The summed E-state index contributed by atoms with van der Waals surface area (Å²) in [7, 11) is 5.78. The van der Waals surface area contributed by atoms with E-state index in [-0.39, 0.29) is 12.1 Å². The second-order valence-corrected chi connectivity index (χ2v) is 7.92. The van der Waals surface area contributed by atoms with Gasteiger partial charge >= 0.3 is 5.97 Å². The molecule has 1 fully saturated rings. The maximum absolute atomic E-state index is 12.3. The average molecular weight is 382 g/mol. The molecule has 0 bridgehead atoms. The van der Waals surface area contributed by atoms with E-state index in [2.05, 4.69) is 44.1 Å². The Morgan fingerprint density at radius 2 is 1.71 bits per heavy atom. The van der Waals surface area contributed by atoms with Gasteiger partial charge < -0.3 is 14.4 Å². The van der Waals surface area contributed by atoms with Gasteiger partial charge in [0.15, 0.2) is 0 Å². The van der Waals surface area contributed by atoms with Crippen molar-refractivity contribution >= 4 is 11.7 Å². The number of benzene rings is 2. The van der Waals surface area contributed by atoms with Gasteiger partial charge in [0.2, 0.25) is 0 Å². The quantitative estimate of drug-likeness (QED) is 0.669. The summed E-state index contributed by atoms with van der Waals surface area (Å²) in [5.74, 6) is 1.22. The fourth-order valence-electron chi connectivity index (χ4n) is 4.03. The van der Waals surface area contributed by atoms with Crippen LogP contribution in [0.5, 0.6) is 5.75 Å². The smallest absolute Gasteiger partial charge is 0.310 e. The van der Waals surface area contributed by atoms with Gasteiger partial charge in [-0.2, -0.15) is 0 Å². The molecule has 0 saturated heterocycles. The molecule has 0 spiro atoms. The third-order valence-electron chi connectivity index (χ3n) is 5.69. The predicted octanol–water partition coefficient (Wildman–Crippen LogP) is 4.88. The SMILES string of the molecule is COc1ccc(CC(=O)O[C@H]2CC[C@H](c3ccc(N(C)C)cc3C)CC2)cc1. The molecule has 1 saturated carbocycles. The molecule has 28 heavy (non-hydrogen) atoms. The molecule has 3 rings (SSSR count). The summed E-state index contributed by atoms with van der Waals surface area (Å²) in [6.45, 7) is 2.20. The lowest BCUT2D eigenvalue weighted by Crippen LogP contribution is -2.25. The first-order chi connectivity index (χ1) is 13.5. The van der Waals surface area contributed by atoms with E-state index in [9.17, 15) is 4.79 Å². The summed E-state index contributed by atoms with van der Waals surface area (Å²) in [4.78, 5) is 14.4. The van der Waals surface area contributed by atoms with Crippen molar-refractivity contribution in [2.75, 3.05) is 26.1 Å². The molecule has 0 heterocycles. The lowest BCUT2D eigenvalue weighted by Gasteiger charge is -2.30. The Balaban J connectivity index is 1.50. The maximum Gasteiger partial charge on any atom is 0.310 e. The molecular weight excluding hydrogens is 350 g/mol. The molecule has 0 atom stereocenters. The van der Waals surface area contributed by atoms with Gasteiger partial charge in [-0.1, -0.05) is 18.2 Å². The number of methoxy groups -OCH3 is 1. The van der Waals surface area contributed by atoms with Crippen LogP contribution in [0.2, 0.25) is 0 Å². The van der Waals surface area contributed by atoms with Gasteiger partial charge in [-0.05, 0) is 79.5 Å². The third-order valence-corrected chi connectivity index (χ3v) is 5.69. The summed E-state index contributed by atoms with van der Waals surface area (Å²) < 4.78 is 10.9.